The quantitative estimate of drug-likeness (QED) is 0.728. The molecule has 2 saturated carbocycles. The Morgan fingerprint density at radius 2 is 1.78 bits per heavy atom. The van der Waals surface area contributed by atoms with E-state index in [9.17, 15) is 0 Å². The van der Waals surface area contributed by atoms with Crippen LogP contribution in [0.25, 0.3) is 0 Å². The zero-order valence-corrected chi connectivity index (χ0v) is 13.0. The Morgan fingerprint density at radius 1 is 1.06 bits per heavy atom. The highest BCUT2D eigenvalue weighted by Crippen LogP contribution is 2.42. The van der Waals surface area contributed by atoms with Crippen LogP contribution in [-0.4, -0.2) is 18.0 Å². The number of ether oxygens (including phenoxy) is 1. The van der Waals surface area contributed by atoms with Crippen LogP contribution >= 0.6 is 12.6 Å². The summed E-state index contributed by atoms with van der Waals surface area (Å²) in [5, 5.41) is 0.582. The van der Waals surface area contributed by atoms with Crippen LogP contribution in [0.1, 0.15) is 65.2 Å². The Morgan fingerprint density at radius 3 is 2.39 bits per heavy atom. The van der Waals surface area contributed by atoms with Crippen LogP contribution in [0, 0.1) is 17.8 Å². The Hall–Kier alpha value is 0.310. The molecule has 0 N–H and O–H groups in total. The van der Waals surface area contributed by atoms with Gasteiger partial charge in [0, 0.05) is 11.9 Å². The lowest BCUT2D eigenvalue weighted by molar-refractivity contribution is 0.0108. The zero-order valence-electron chi connectivity index (χ0n) is 12.1. The van der Waals surface area contributed by atoms with E-state index in [0.29, 0.717) is 11.4 Å². The molecule has 0 saturated heterocycles. The average molecular weight is 270 g/mol. The molecule has 2 heteroatoms. The van der Waals surface area contributed by atoms with Gasteiger partial charge in [-0.15, -0.1) is 0 Å². The largest absolute Gasteiger partial charge is 0.378 e. The van der Waals surface area contributed by atoms with Crippen molar-refractivity contribution in [3.05, 3.63) is 0 Å². The van der Waals surface area contributed by atoms with Gasteiger partial charge in [-0.25, -0.2) is 0 Å². The Kier molecular flexibility index (Phi) is 5.88. The highest BCUT2D eigenvalue weighted by molar-refractivity contribution is 7.81. The van der Waals surface area contributed by atoms with Gasteiger partial charge in [0.25, 0.3) is 0 Å². The van der Waals surface area contributed by atoms with E-state index in [0.717, 1.165) is 30.8 Å². The summed E-state index contributed by atoms with van der Waals surface area (Å²) in [5.74, 6) is 2.78. The topological polar surface area (TPSA) is 9.23 Å². The van der Waals surface area contributed by atoms with Gasteiger partial charge in [0.1, 0.15) is 0 Å². The van der Waals surface area contributed by atoms with Crippen molar-refractivity contribution < 1.29 is 4.74 Å². The monoisotopic (exact) mass is 270 g/mol. The Balaban J connectivity index is 1.78. The van der Waals surface area contributed by atoms with Crippen LogP contribution in [0.2, 0.25) is 0 Å². The summed E-state index contributed by atoms with van der Waals surface area (Å²) in [7, 11) is 0. The van der Waals surface area contributed by atoms with Crippen LogP contribution in [0.5, 0.6) is 0 Å². The summed E-state index contributed by atoms with van der Waals surface area (Å²) < 4.78 is 5.91. The molecule has 18 heavy (non-hydrogen) atoms. The first-order chi connectivity index (χ1) is 8.70. The van der Waals surface area contributed by atoms with Crippen LogP contribution in [0.15, 0.2) is 0 Å². The van der Waals surface area contributed by atoms with Crippen molar-refractivity contribution in [1.29, 1.82) is 0 Å². The third-order valence-corrected chi connectivity index (χ3v) is 5.64. The minimum absolute atomic E-state index is 0.492. The summed E-state index contributed by atoms with van der Waals surface area (Å²) >= 11 is 4.89. The van der Waals surface area contributed by atoms with Crippen molar-refractivity contribution in [2.75, 3.05) is 6.61 Å². The molecule has 0 aromatic heterocycles. The number of thiol groups is 1. The molecule has 2 aliphatic carbocycles. The van der Waals surface area contributed by atoms with E-state index in [1.165, 1.54) is 44.9 Å². The molecule has 0 heterocycles. The molecule has 0 aliphatic heterocycles. The van der Waals surface area contributed by atoms with E-state index >= 15 is 0 Å². The van der Waals surface area contributed by atoms with E-state index in [4.69, 9.17) is 17.4 Å². The highest BCUT2D eigenvalue weighted by atomic mass is 32.1. The molecule has 0 aromatic carbocycles. The predicted molar refractivity (Wildman–Crippen MR) is 81.3 cm³/mol. The predicted octanol–water partition coefficient (Wildman–Crippen LogP) is 4.71. The van der Waals surface area contributed by atoms with Crippen LogP contribution in [-0.2, 0) is 4.74 Å². The van der Waals surface area contributed by atoms with E-state index in [1.807, 2.05) is 0 Å². The van der Waals surface area contributed by atoms with Crippen LogP contribution in [0.4, 0.5) is 0 Å². The highest BCUT2D eigenvalue weighted by Gasteiger charge is 2.35. The van der Waals surface area contributed by atoms with Gasteiger partial charge in [-0.3, -0.25) is 0 Å². The molecule has 2 aliphatic rings. The third-order valence-electron chi connectivity index (χ3n) is 5.04. The SMILES string of the molecule is CCCOC1CCC(C2CCC(C)CC2)C(S)C1. The summed E-state index contributed by atoms with van der Waals surface area (Å²) in [6.07, 6.45) is 11.2. The minimum Gasteiger partial charge on any atom is -0.378 e. The molecule has 2 fully saturated rings. The van der Waals surface area contributed by atoms with Gasteiger partial charge < -0.3 is 4.74 Å². The maximum atomic E-state index is 5.91. The number of rotatable bonds is 4. The van der Waals surface area contributed by atoms with Gasteiger partial charge >= 0.3 is 0 Å². The smallest absolute Gasteiger partial charge is 0.0585 e. The summed E-state index contributed by atoms with van der Waals surface area (Å²) in [6.45, 7) is 5.52. The van der Waals surface area contributed by atoms with Crippen molar-refractivity contribution in [1.82, 2.24) is 0 Å². The van der Waals surface area contributed by atoms with Crippen molar-refractivity contribution in [2.24, 2.45) is 17.8 Å². The van der Waals surface area contributed by atoms with Gasteiger partial charge in [0.15, 0.2) is 0 Å². The van der Waals surface area contributed by atoms with Crippen molar-refractivity contribution in [3.63, 3.8) is 0 Å². The maximum absolute atomic E-state index is 5.91. The second-order valence-electron chi connectivity index (χ2n) is 6.56. The maximum Gasteiger partial charge on any atom is 0.0585 e. The molecule has 106 valence electrons. The number of hydrogen-bond donors (Lipinski definition) is 1. The molecule has 0 bridgehead atoms. The second-order valence-corrected chi connectivity index (χ2v) is 7.22. The first-order valence-corrected chi connectivity index (χ1v) is 8.52. The minimum atomic E-state index is 0.492. The van der Waals surface area contributed by atoms with E-state index in [1.54, 1.807) is 0 Å². The summed E-state index contributed by atoms with van der Waals surface area (Å²) in [5.41, 5.74) is 0. The zero-order chi connectivity index (χ0) is 13.0. The first-order valence-electron chi connectivity index (χ1n) is 8.00. The second kappa shape index (κ2) is 7.19. The van der Waals surface area contributed by atoms with Gasteiger partial charge in [-0.1, -0.05) is 26.7 Å². The molecule has 0 amide bonds. The van der Waals surface area contributed by atoms with E-state index in [-0.39, 0.29) is 0 Å². The summed E-state index contributed by atoms with van der Waals surface area (Å²) in [6, 6.07) is 0. The molecular formula is C16H30OS. The molecule has 0 spiro atoms. The van der Waals surface area contributed by atoms with Gasteiger partial charge in [0.2, 0.25) is 0 Å². The van der Waals surface area contributed by atoms with Crippen molar-refractivity contribution in [2.45, 2.75) is 76.6 Å². The van der Waals surface area contributed by atoms with E-state index in [2.05, 4.69) is 13.8 Å². The lowest BCUT2D eigenvalue weighted by atomic mass is 9.70. The lowest BCUT2D eigenvalue weighted by Gasteiger charge is -2.40. The molecular weight excluding hydrogens is 240 g/mol. The van der Waals surface area contributed by atoms with Gasteiger partial charge in [-0.2, -0.15) is 12.6 Å². The van der Waals surface area contributed by atoms with Gasteiger partial charge in [-0.05, 0) is 56.3 Å². The molecule has 1 nitrogen and oxygen atoms in total. The number of hydrogen-bond acceptors (Lipinski definition) is 2. The fraction of sp³-hybridized carbons (Fsp3) is 1.00. The third kappa shape index (κ3) is 3.90. The molecule has 3 atom stereocenters. The van der Waals surface area contributed by atoms with Crippen LogP contribution in [0.3, 0.4) is 0 Å². The van der Waals surface area contributed by atoms with Crippen LogP contribution < -0.4 is 0 Å². The summed E-state index contributed by atoms with van der Waals surface area (Å²) in [4.78, 5) is 0. The van der Waals surface area contributed by atoms with Gasteiger partial charge in [0.05, 0.1) is 6.10 Å². The Labute approximate surface area is 118 Å². The Bertz CT molecular complexity index is 235. The standard InChI is InChI=1S/C16H30OS/c1-3-10-17-14-8-9-15(16(18)11-14)13-6-4-12(2)5-7-13/h12-16,18H,3-11H2,1-2H3. The molecule has 2 rings (SSSR count). The fourth-order valence-electron chi connectivity index (χ4n) is 3.83. The van der Waals surface area contributed by atoms with Crippen molar-refractivity contribution in [3.8, 4) is 0 Å². The first kappa shape index (κ1) is 14.7. The lowest BCUT2D eigenvalue weighted by Crippen LogP contribution is -2.36. The molecule has 3 unspecified atom stereocenters. The van der Waals surface area contributed by atoms with E-state index < -0.39 is 0 Å². The molecule has 0 radical (unpaired) electrons. The fourth-order valence-corrected chi connectivity index (χ4v) is 4.46. The molecule has 0 aromatic rings. The average Bonchev–Trinajstić information content (AvgIpc) is 2.38. The van der Waals surface area contributed by atoms with Crippen molar-refractivity contribution >= 4 is 12.6 Å². The normalized spacial score (nSPS) is 41.8.